The van der Waals surface area contributed by atoms with E-state index in [0.717, 1.165) is 50.5 Å². The number of aryl methyl sites for hydroxylation is 1. The molecule has 3 heterocycles. The molecule has 1 aliphatic rings. The zero-order valence-corrected chi connectivity index (χ0v) is 13.3. The largest absolute Gasteiger partial charge is 0.356 e. The van der Waals surface area contributed by atoms with Crippen LogP contribution in [0.3, 0.4) is 0 Å². The highest BCUT2D eigenvalue weighted by molar-refractivity contribution is 5.39. The fourth-order valence-corrected chi connectivity index (χ4v) is 2.94. The van der Waals surface area contributed by atoms with Crippen LogP contribution in [0, 0.1) is 6.92 Å². The van der Waals surface area contributed by atoms with Crippen LogP contribution in [0.4, 0.5) is 5.82 Å². The van der Waals surface area contributed by atoms with Crippen LogP contribution in [-0.2, 0) is 6.54 Å². The lowest BCUT2D eigenvalue weighted by atomic mass is 10.0. The Morgan fingerprint density at radius 1 is 1.18 bits per heavy atom. The second-order valence-corrected chi connectivity index (χ2v) is 5.86. The van der Waals surface area contributed by atoms with Gasteiger partial charge in [0.25, 0.3) is 0 Å². The van der Waals surface area contributed by atoms with Gasteiger partial charge in [0.15, 0.2) is 0 Å². The van der Waals surface area contributed by atoms with Crippen molar-refractivity contribution in [1.82, 2.24) is 29.6 Å². The number of aromatic nitrogens is 5. The van der Waals surface area contributed by atoms with E-state index in [1.165, 1.54) is 0 Å². The number of anilines is 1. The Labute approximate surface area is 131 Å². The molecule has 0 amide bonds. The highest BCUT2D eigenvalue weighted by Crippen LogP contribution is 2.20. The van der Waals surface area contributed by atoms with Gasteiger partial charge in [0, 0.05) is 44.5 Å². The molecule has 0 spiro atoms. The Kier molecular flexibility index (Phi) is 4.62. The molecule has 2 aromatic heterocycles. The third-order valence-corrected chi connectivity index (χ3v) is 4.37. The average molecular weight is 301 g/mol. The van der Waals surface area contributed by atoms with Gasteiger partial charge in [-0.3, -0.25) is 4.68 Å². The van der Waals surface area contributed by atoms with Gasteiger partial charge < -0.3 is 9.80 Å². The van der Waals surface area contributed by atoms with E-state index < -0.39 is 0 Å². The zero-order valence-electron chi connectivity index (χ0n) is 13.3. The van der Waals surface area contributed by atoms with E-state index in [9.17, 15) is 0 Å². The third-order valence-electron chi connectivity index (χ3n) is 4.37. The predicted octanol–water partition coefficient (Wildman–Crippen LogP) is 0.977. The number of likely N-dealkylation sites (tertiary alicyclic amines) is 1. The van der Waals surface area contributed by atoms with Gasteiger partial charge in [0.05, 0.1) is 6.54 Å². The first kappa shape index (κ1) is 14.9. The van der Waals surface area contributed by atoms with Crippen molar-refractivity contribution in [3.8, 4) is 0 Å². The number of hydrogen-bond acceptors (Lipinski definition) is 6. The Morgan fingerprint density at radius 2 is 2.00 bits per heavy atom. The van der Waals surface area contributed by atoms with Crippen LogP contribution in [0.15, 0.2) is 25.0 Å². The van der Waals surface area contributed by atoms with E-state index in [4.69, 9.17) is 0 Å². The number of piperidine rings is 1. The van der Waals surface area contributed by atoms with Gasteiger partial charge in [0.1, 0.15) is 24.8 Å². The summed E-state index contributed by atoms with van der Waals surface area (Å²) in [4.78, 5) is 17.3. The first-order valence-corrected chi connectivity index (χ1v) is 7.78. The van der Waals surface area contributed by atoms with Crippen molar-refractivity contribution in [3.05, 3.63) is 30.7 Å². The lowest BCUT2D eigenvalue weighted by Gasteiger charge is -2.37. The summed E-state index contributed by atoms with van der Waals surface area (Å²) in [6, 6.07) is 2.61. The van der Waals surface area contributed by atoms with Crippen molar-refractivity contribution in [3.63, 3.8) is 0 Å². The molecule has 3 rings (SSSR count). The molecule has 1 fully saturated rings. The van der Waals surface area contributed by atoms with Crippen molar-refractivity contribution in [1.29, 1.82) is 0 Å². The second kappa shape index (κ2) is 6.83. The van der Waals surface area contributed by atoms with Crippen LogP contribution >= 0.6 is 0 Å². The molecule has 0 saturated carbocycles. The van der Waals surface area contributed by atoms with E-state index in [0.29, 0.717) is 6.04 Å². The first-order chi connectivity index (χ1) is 10.7. The van der Waals surface area contributed by atoms with Gasteiger partial charge in [-0.25, -0.2) is 15.0 Å². The van der Waals surface area contributed by atoms with Crippen molar-refractivity contribution in [2.75, 3.05) is 31.6 Å². The Morgan fingerprint density at radius 3 is 2.68 bits per heavy atom. The van der Waals surface area contributed by atoms with Crippen LogP contribution in [0.25, 0.3) is 0 Å². The predicted molar refractivity (Wildman–Crippen MR) is 84.7 cm³/mol. The molecule has 1 aliphatic heterocycles. The number of nitrogens with zero attached hydrogens (tertiary/aromatic N) is 7. The summed E-state index contributed by atoms with van der Waals surface area (Å²) in [6.45, 7) is 6.19. The van der Waals surface area contributed by atoms with E-state index in [-0.39, 0.29) is 0 Å². The Bertz CT molecular complexity index is 575. The van der Waals surface area contributed by atoms with Crippen LogP contribution in [-0.4, -0.2) is 62.4 Å². The van der Waals surface area contributed by atoms with Crippen molar-refractivity contribution < 1.29 is 0 Å². The topological polar surface area (TPSA) is 63.0 Å². The Balaban J connectivity index is 1.48. The second-order valence-electron chi connectivity index (χ2n) is 5.86. The molecule has 0 aromatic carbocycles. The fourth-order valence-electron chi connectivity index (χ4n) is 2.94. The smallest absolute Gasteiger partial charge is 0.137 e. The van der Waals surface area contributed by atoms with Gasteiger partial charge in [-0.2, -0.15) is 5.10 Å². The molecule has 0 unspecified atom stereocenters. The quantitative estimate of drug-likeness (QED) is 0.820. The Hall–Kier alpha value is -2.02. The number of rotatable bonds is 5. The summed E-state index contributed by atoms with van der Waals surface area (Å²) in [7, 11) is 2.14. The van der Waals surface area contributed by atoms with Crippen LogP contribution < -0.4 is 4.90 Å². The van der Waals surface area contributed by atoms with Gasteiger partial charge in [-0.15, -0.1) is 0 Å². The lowest BCUT2D eigenvalue weighted by molar-refractivity contribution is 0.201. The first-order valence-electron chi connectivity index (χ1n) is 7.78. The maximum Gasteiger partial charge on any atom is 0.137 e. The molecule has 7 heteroatoms. The molecule has 22 heavy (non-hydrogen) atoms. The minimum Gasteiger partial charge on any atom is -0.356 e. The fraction of sp³-hybridized carbons (Fsp3) is 0.600. The molecular weight excluding hydrogens is 278 g/mol. The summed E-state index contributed by atoms with van der Waals surface area (Å²) >= 11 is 0. The van der Waals surface area contributed by atoms with Gasteiger partial charge in [0.2, 0.25) is 0 Å². The van der Waals surface area contributed by atoms with Gasteiger partial charge in [-0.05, 0) is 19.8 Å². The minimum atomic E-state index is 0.553. The molecule has 1 saturated heterocycles. The van der Waals surface area contributed by atoms with Gasteiger partial charge >= 0.3 is 0 Å². The highest BCUT2D eigenvalue weighted by atomic mass is 15.3. The van der Waals surface area contributed by atoms with Crippen LogP contribution in [0.1, 0.15) is 18.5 Å². The molecular formula is C15H23N7. The summed E-state index contributed by atoms with van der Waals surface area (Å²) < 4.78 is 1.89. The monoisotopic (exact) mass is 301 g/mol. The molecule has 0 bridgehead atoms. The molecule has 0 N–H and O–H groups in total. The number of hydrogen-bond donors (Lipinski definition) is 0. The van der Waals surface area contributed by atoms with Crippen LogP contribution in [0.5, 0.6) is 0 Å². The summed E-state index contributed by atoms with van der Waals surface area (Å²) in [5.41, 5.74) is 1.02. The standard InChI is InChI=1S/C15H23N7/c1-13-9-15(18-11-17-13)20(2)14-3-5-21(6-4-14)7-8-22-12-16-10-19-22/h9-12,14H,3-8H2,1-2H3. The SMILES string of the molecule is Cc1cc(N(C)C2CCN(CCn3cncn3)CC2)ncn1. The molecule has 118 valence electrons. The van der Waals surface area contributed by atoms with E-state index >= 15 is 0 Å². The maximum atomic E-state index is 4.39. The zero-order chi connectivity index (χ0) is 15.4. The average Bonchev–Trinajstić information content (AvgIpc) is 3.06. The molecule has 7 nitrogen and oxygen atoms in total. The van der Waals surface area contributed by atoms with Crippen molar-refractivity contribution in [2.45, 2.75) is 32.4 Å². The lowest BCUT2D eigenvalue weighted by Crippen LogP contribution is -2.44. The summed E-state index contributed by atoms with van der Waals surface area (Å²) in [6.07, 6.45) is 7.34. The summed E-state index contributed by atoms with van der Waals surface area (Å²) in [5.74, 6) is 1.02. The van der Waals surface area contributed by atoms with Crippen LogP contribution in [0.2, 0.25) is 0 Å². The molecule has 2 aromatic rings. The maximum absolute atomic E-state index is 4.39. The van der Waals surface area contributed by atoms with E-state index in [1.807, 2.05) is 11.6 Å². The molecule has 0 radical (unpaired) electrons. The van der Waals surface area contributed by atoms with Crippen molar-refractivity contribution in [2.24, 2.45) is 0 Å². The van der Waals surface area contributed by atoms with E-state index in [2.05, 4.69) is 43.0 Å². The molecule has 0 atom stereocenters. The third kappa shape index (κ3) is 3.59. The molecule has 0 aliphatic carbocycles. The minimum absolute atomic E-state index is 0.553. The highest BCUT2D eigenvalue weighted by Gasteiger charge is 2.23. The van der Waals surface area contributed by atoms with Gasteiger partial charge in [-0.1, -0.05) is 0 Å². The van der Waals surface area contributed by atoms with Crippen molar-refractivity contribution >= 4 is 5.82 Å². The normalized spacial score (nSPS) is 16.8. The van der Waals surface area contributed by atoms with E-state index in [1.54, 1.807) is 19.0 Å². The summed E-state index contributed by atoms with van der Waals surface area (Å²) in [5, 5.41) is 4.15.